The second kappa shape index (κ2) is 5.39. The minimum atomic E-state index is -0.359. The summed E-state index contributed by atoms with van der Waals surface area (Å²) in [5.74, 6) is -0.0359. The SMILES string of the molecule is COCCNC(=O)C(C)c1ncco1. The number of hydrogen-bond donors (Lipinski definition) is 1. The van der Waals surface area contributed by atoms with E-state index in [4.69, 9.17) is 9.15 Å². The number of carbonyl (C=O) groups excluding carboxylic acids is 1. The van der Waals surface area contributed by atoms with E-state index < -0.39 is 0 Å². The highest BCUT2D eigenvalue weighted by atomic mass is 16.5. The Kier molecular flexibility index (Phi) is 4.12. The Morgan fingerprint density at radius 1 is 1.79 bits per heavy atom. The van der Waals surface area contributed by atoms with Crippen LogP contribution in [0.1, 0.15) is 18.7 Å². The van der Waals surface area contributed by atoms with Crippen LogP contribution in [0.15, 0.2) is 16.9 Å². The molecule has 0 bridgehead atoms. The third-order valence-electron chi connectivity index (χ3n) is 1.82. The lowest BCUT2D eigenvalue weighted by atomic mass is 10.1. The summed E-state index contributed by atoms with van der Waals surface area (Å²) in [5, 5.41) is 2.71. The molecule has 0 saturated carbocycles. The maximum absolute atomic E-state index is 11.4. The van der Waals surface area contributed by atoms with Gasteiger partial charge in [-0.25, -0.2) is 4.98 Å². The summed E-state index contributed by atoms with van der Waals surface area (Å²) in [6.45, 7) is 2.75. The minimum Gasteiger partial charge on any atom is -0.448 e. The molecule has 0 aliphatic carbocycles. The number of aromatic nitrogens is 1. The lowest BCUT2D eigenvalue weighted by molar-refractivity contribution is -0.122. The normalized spacial score (nSPS) is 12.4. The molecule has 1 N–H and O–H groups in total. The molecule has 14 heavy (non-hydrogen) atoms. The second-order valence-electron chi connectivity index (χ2n) is 2.88. The number of amides is 1. The molecule has 0 aromatic carbocycles. The molecule has 1 aromatic heterocycles. The molecule has 1 unspecified atom stereocenters. The van der Waals surface area contributed by atoms with Gasteiger partial charge in [-0.3, -0.25) is 4.79 Å². The van der Waals surface area contributed by atoms with Crippen molar-refractivity contribution in [1.82, 2.24) is 10.3 Å². The number of oxazole rings is 1. The summed E-state index contributed by atoms with van der Waals surface area (Å²) in [6.07, 6.45) is 2.97. The molecular formula is C9H14N2O3. The van der Waals surface area contributed by atoms with Crippen molar-refractivity contribution in [3.8, 4) is 0 Å². The Bertz CT molecular complexity index is 272. The number of carbonyl (C=O) groups is 1. The van der Waals surface area contributed by atoms with Gasteiger partial charge in [-0.15, -0.1) is 0 Å². The van der Waals surface area contributed by atoms with Gasteiger partial charge >= 0.3 is 0 Å². The lowest BCUT2D eigenvalue weighted by Gasteiger charge is -2.08. The second-order valence-corrected chi connectivity index (χ2v) is 2.88. The molecule has 5 heteroatoms. The van der Waals surface area contributed by atoms with Crippen LogP contribution in [-0.4, -0.2) is 31.2 Å². The van der Waals surface area contributed by atoms with Gasteiger partial charge in [-0.2, -0.15) is 0 Å². The molecule has 1 atom stereocenters. The monoisotopic (exact) mass is 198 g/mol. The van der Waals surface area contributed by atoms with Gasteiger partial charge in [-0.05, 0) is 6.92 Å². The van der Waals surface area contributed by atoms with Crippen LogP contribution in [0.2, 0.25) is 0 Å². The maximum atomic E-state index is 11.4. The zero-order valence-corrected chi connectivity index (χ0v) is 8.32. The van der Waals surface area contributed by atoms with Crippen LogP contribution in [-0.2, 0) is 9.53 Å². The highest BCUT2D eigenvalue weighted by Crippen LogP contribution is 2.11. The molecule has 1 rings (SSSR count). The fraction of sp³-hybridized carbons (Fsp3) is 0.556. The van der Waals surface area contributed by atoms with Gasteiger partial charge in [0, 0.05) is 13.7 Å². The van der Waals surface area contributed by atoms with Crippen molar-refractivity contribution < 1.29 is 13.9 Å². The molecule has 5 nitrogen and oxygen atoms in total. The largest absolute Gasteiger partial charge is 0.448 e. The Balaban J connectivity index is 2.37. The van der Waals surface area contributed by atoms with Crippen LogP contribution in [0.25, 0.3) is 0 Å². The first-order chi connectivity index (χ1) is 6.75. The van der Waals surface area contributed by atoms with Gasteiger partial charge in [0.05, 0.1) is 12.8 Å². The van der Waals surface area contributed by atoms with E-state index in [0.717, 1.165) is 0 Å². The zero-order chi connectivity index (χ0) is 10.4. The van der Waals surface area contributed by atoms with Crippen LogP contribution in [0.3, 0.4) is 0 Å². The van der Waals surface area contributed by atoms with Gasteiger partial charge in [0.2, 0.25) is 11.8 Å². The van der Waals surface area contributed by atoms with E-state index in [-0.39, 0.29) is 11.8 Å². The molecule has 0 radical (unpaired) electrons. The zero-order valence-electron chi connectivity index (χ0n) is 8.32. The van der Waals surface area contributed by atoms with E-state index in [9.17, 15) is 4.79 Å². The van der Waals surface area contributed by atoms with Crippen LogP contribution in [0.5, 0.6) is 0 Å². The average molecular weight is 198 g/mol. The Morgan fingerprint density at radius 2 is 2.57 bits per heavy atom. The smallest absolute Gasteiger partial charge is 0.232 e. The van der Waals surface area contributed by atoms with Crippen molar-refractivity contribution in [3.05, 3.63) is 18.4 Å². The Morgan fingerprint density at radius 3 is 3.14 bits per heavy atom. The number of rotatable bonds is 5. The molecule has 1 heterocycles. The lowest BCUT2D eigenvalue weighted by Crippen LogP contribution is -2.30. The first kappa shape index (κ1) is 10.7. The number of methoxy groups -OCH3 is 1. The highest BCUT2D eigenvalue weighted by Gasteiger charge is 2.18. The first-order valence-electron chi connectivity index (χ1n) is 4.41. The Hall–Kier alpha value is -1.36. The third kappa shape index (κ3) is 2.85. The van der Waals surface area contributed by atoms with Crippen molar-refractivity contribution in [2.24, 2.45) is 0 Å². The van der Waals surface area contributed by atoms with Gasteiger partial charge in [0.15, 0.2) is 0 Å². The highest BCUT2D eigenvalue weighted by molar-refractivity contribution is 5.82. The van der Waals surface area contributed by atoms with Crippen molar-refractivity contribution in [2.45, 2.75) is 12.8 Å². The summed E-state index contributed by atoms with van der Waals surface area (Å²) in [4.78, 5) is 15.4. The summed E-state index contributed by atoms with van der Waals surface area (Å²) in [5.41, 5.74) is 0. The molecule has 1 aromatic rings. The predicted octanol–water partition coefficient (Wildman–Crippen LogP) is 0.541. The average Bonchev–Trinajstić information content (AvgIpc) is 2.69. The Labute approximate surface area is 82.5 Å². The maximum Gasteiger partial charge on any atom is 0.232 e. The molecular weight excluding hydrogens is 184 g/mol. The standard InChI is InChI=1S/C9H14N2O3/c1-7(9-11-4-6-14-9)8(12)10-3-5-13-2/h4,6-7H,3,5H2,1-2H3,(H,10,12). The fourth-order valence-electron chi connectivity index (χ4n) is 0.990. The van der Waals surface area contributed by atoms with E-state index in [2.05, 4.69) is 10.3 Å². The van der Waals surface area contributed by atoms with Gasteiger partial charge in [-0.1, -0.05) is 0 Å². The topological polar surface area (TPSA) is 64.4 Å². The van der Waals surface area contributed by atoms with Crippen molar-refractivity contribution in [1.29, 1.82) is 0 Å². The minimum absolute atomic E-state index is 0.107. The predicted molar refractivity (Wildman–Crippen MR) is 49.8 cm³/mol. The summed E-state index contributed by atoms with van der Waals surface area (Å²) in [7, 11) is 1.59. The van der Waals surface area contributed by atoms with Gasteiger partial charge in [0.1, 0.15) is 12.2 Å². The molecule has 0 aliphatic heterocycles. The quantitative estimate of drug-likeness (QED) is 0.701. The summed E-state index contributed by atoms with van der Waals surface area (Å²) >= 11 is 0. The molecule has 78 valence electrons. The van der Waals surface area contributed by atoms with Crippen LogP contribution in [0.4, 0.5) is 0 Å². The van der Waals surface area contributed by atoms with E-state index in [0.29, 0.717) is 19.0 Å². The van der Waals surface area contributed by atoms with Crippen molar-refractivity contribution in [2.75, 3.05) is 20.3 Å². The summed E-state index contributed by atoms with van der Waals surface area (Å²) in [6, 6.07) is 0. The molecule has 0 aliphatic rings. The van der Waals surface area contributed by atoms with E-state index in [1.54, 1.807) is 14.0 Å². The number of nitrogens with one attached hydrogen (secondary N) is 1. The summed E-state index contributed by atoms with van der Waals surface area (Å²) < 4.78 is 9.83. The third-order valence-corrected chi connectivity index (χ3v) is 1.82. The van der Waals surface area contributed by atoms with E-state index in [1.165, 1.54) is 12.5 Å². The molecule has 0 spiro atoms. The van der Waals surface area contributed by atoms with E-state index >= 15 is 0 Å². The first-order valence-corrected chi connectivity index (χ1v) is 4.41. The molecule has 0 fully saturated rings. The fourth-order valence-corrected chi connectivity index (χ4v) is 0.990. The number of ether oxygens (including phenoxy) is 1. The molecule has 0 saturated heterocycles. The van der Waals surface area contributed by atoms with Gasteiger partial charge in [0.25, 0.3) is 0 Å². The van der Waals surface area contributed by atoms with Crippen LogP contribution >= 0.6 is 0 Å². The van der Waals surface area contributed by atoms with Gasteiger partial charge < -0.3 is 14.5 Å². The van der Waals surface area contributed by atoms with Crippen molar-refractivity contribution in [3.63, 3.8) is 0 Å². The van der Waals surface area contributed by atoms with E-state index in [1.807, 2.05) is 0 Å². The van der Waals surface area contributed by atoms with Crippen molar-refractivity contribution >= 4 is 5.91 Å². The number of hydrogen-bond acceptors (Lipinski definition) is 4. The van der Waals surface area contributed by atoms with Crippen LogP contribution < -0.4 is 5.32 Å². The number of nitrogens with zero attached hydrogens (tertiary/aromatic N) is 1. The molecule has 1 amide bonds. The van der Waals surface area contributed by atoms with Crippen LogP contribution in [0, 0.1) is 0 Å².